The molecule has 0 spiro atoms. The second kappa shape index (κ2) is 18.4. The fourth-order valence-corrected chi connectivity index (χ4v) is 10.5. The van der Waals surface area contributed by atoms with E-state index in [0.717, 1.165) is 4.90 Å². The maximum Gasteiger partial charge on any atom is 0.408 e. The molecule has 4 amide bonds. The Morgan fingerprint density at radius 3 is 2.40 bits per heavy atom. The van der Waals surface area contributed by atoms with E-state index in [1.165, 1.54) is 33.1 Å². The minimum atomic E-state index is -5.08. The van der Waals surface area contributed by atoms with Crippen LogP contribution in [0.25, 0.3) is 22.0 Å². The molecular weight excluding hydrogens is 903 g/mol. The van der Waals surface area contributed by atoms with Crippen molar-refractivity contribution in [3.63, 3.8) is 0 Å². The van der Waals surface area contributed by atoms with Gasteiger partial charge in [-0.2, -0.15) is 13.2 Å². The summed E-state index contributed by atoms with van der Waals surface area (Å²) in [6.07, 6.45) is -3.60. The van der Waals surface area contributed by atoms with Crippen LogP contribution < -0.4 is 24.2 Å². The smallest absolute Gasteiger partial charge is 0.408 e. The summed E-state index contributed by atoms with van der Waals surface area (Å²) in [7, 11) is -2.70. The predicted octanol–water partition coefficient (Wildman–Crippen LogP) is 7.37. The zero-order chi connectivity index (χ0) is 49.0. The van der Waals surface area contributed by atoms with Gasteiger partial charge in [0.25, 0.3) is 5.91 Å². The number of carboxylic acid groups (broad SMARTS) is 1. The lowest BCUT2D eigenvalue weighted by Crippen LogP contribution is -2.62. The molecule has 4 aliphatic rings. The number of nitrogens with zero attached hydrogens (tertiary/aromatic N) is 3. The molecule has 7 rings (SSSR count). The second-order valence-electron chi connectivity index (χ2n) is 19.0. The van der Waals surface area contributed by atoms with Crippen molar-refractivity contribution in [3.8, 4) is 28.6 Å². The maximum absolute atomic E-state index is 15.3. The van der Waals surface area contributed by atoms with E-state index in [9.17, 15) is 41.1 Å². The fourth-order valence-electron chi connectivity index (χ4n) is 9.19. The molecule has 1 aromatic heterocycles. The number of allylic oxidation sites excluding steroid dienone is 1. The first-order valence-corrected chi connectivity index (χ1v) is 23.9. The summed E-state index contributed by atoms with van der Waals surface area (Å²) in [6, 6.07) is 4.86. The average Bonchev–Trinajstić information content (AvgIpc) is 4.13. The molecule has 0 unspecified atom stereocenters. The van der Waals surface area contributed by atoms with E-state index in [2.05, 4.69) is 10.0 Å². The highest BCUT2D eigenvalue weighted by Crippen LogP contribution is 2.48. The summed E-state index contributed by atoms with van der Waals surface area (Å²) >= 11 is 0. The first-order valence-electron chi connectivity index (χ1n) is 22.4. The van der Waals surface area contributed by atoms with Crippen molar-refractivity contribution >= 4 is 44.6 Å². The zero-order valence-corrected chi connectivity index (χ0v) is 39.2. The van der Waals surface area contributed by atoms with Gasteiger partial charge in [-0.15, -0.1) is 0 Å². The summed E-state index contributed by atoms with van der Waals surface area (Å²) in [4.78, 5) is 62.7. The van der Waals surface area contributed by atoms with Gasteiger partial charge >= 0.3 is 12.3 Å². The molecule has 2 aliphatic heterocycles. The first-order chi connectivity index (χ1) is 31.4. The Kier molecular flexibility index (Phi) is 13.6. The molecule has 8 atom stereocenters. The standard InChI is InChI=1S/C47H57F4N5O10S/c1-25(2)65-38-15-12-29(20-35(38)48)36-21-30-19-32(64-7)13-14-34(30)41(52-36)66-33-22-37-40(57)53-46(43(59)54-67(62,63)45(6)16-17-45)23-31(46)11-9-8-10-26(3)18-27(4)39(42(58)55(37)24-33)56(44(60)61)28(5)47(49,50)51/h9,11-15,19-21,25-28,31,33,37,39H,8,10,16-18,22-24H2,1-7H3,(H,53,57)(H,54,59)(H,60,61)/b11-9-/t26-,27+,28+,31+,33+,37-,39-,46+/m0/s1. The molecule has 0 bridgehead atoms. The number of rotatable bonds is 11. The Balaban J connectivity index is 1.31. The van der Waals surface area contributed by atoms with Crippen LogP contribution in [0.3, 0.4) is 0 Å². The van der Waals surface area contributed by atoms with Crippen molar-refractivity contribution in [2.75, 3.05) is 13.7 Å². The van der Waals surface area contributed by atoms with E-state index in [-0.39, 0.29) is 53.5 Å². The van der Waals surface area contributed by atoms with E-state index in [4.69, 9.17) is 19.2 Å². The topological polar surface area (TPSA) is 194 Å². The molecular formula is C47H57F4N5O10S. The van der Waals surface area contributed by atoms with Crippen LogP contribution in [-0.2, 0) is 24.4 Å². The lowest BCUT2D eigenvalue weighted by molar-refractivity contribution is -0.184. The number of nitrogens with one attached hydrogen (secondary N) is 2. The van der Waals surface area contributed by atoms with Crippen LogP contribution in [0.1, 0.15) is 86.5 Å². The number of pyridine rings is 1. The third kappa shape index (κ3) is 10.1. The van der Waals surface area contributed by atoms with Crippen molar-refractivity contribution in [3.05, 3.63) is 60.4 Å². The minimum absolute atomic E-state index is 0.0103. The summed E-state index contributed by atoms with van der Waals surface area (Å²) in [5.41, 5.74) is -1.18. The number of hydrogen-bond acceptors (Lipinski definition) is 10. The number of methoxy groups -OCH3 is 1. The molecule has 364 valence electrons. The van der Waals surface area contributed by atoms with E-state index >= 15 is 9.18 Å². The monoisotopic (exact) mass is 959 g/mol. The Bertz CT molecular complexity index is 2570. The van der Waals surface area contributed by atoms with Crippen LogP contribution >= 0.6 is 0 Å². The predicted molar refractivity (Wildman–Crippen MR) is 238 cm³/mol. The number of sulfonamides is 1. The molecule has 67 heavy (non-hydrogen) atoms. The number of ether oxygens (including phenoxy) is 3. The number of carbonyl (C=O) groups is 4. The Morgan fingerprint density at radius 2 is 1.78 bits per heavy atom. The van der Waals surface area contributed by atoms with Gasteiger partial charge in [0, 0.05) is 23.3 Å². The molecule has 3 fully saturated rings. The summed E-state index contributed by atoms with van der Waals surface area (Å²) in [6.45, 7) is 8.55. The molecule has 3 aromatic rings. The molecule has 3 heterocycles. The van der Waals surface area contributed by atoms with Crippen LogP contribution in [0, 0.1) is 23.6 Å². The highest BCUT2D eigenvalue weighted by Gasteiger charge is 2.63. The summed E-state index contributed by atoms with van der Waals surface area (Å²) < 4.78 is 104. The summed E-state index contributed by atoms with van der Waals surface area (Å²) in [5, 5.41) is 14.1. The van der Waals surface area contributed by atoms with Gasteiger partial charge in [-0.1, -0.05) is 26.0 Å². The second-order valence-corrected chi connectivity index (χ2v) is 21.2. The molecule has 2 saturated carbocycles. The van der Waals surface area contributed by atoms with Gasteiger partial charge in [-0.05, 0) is 126 Å². The Morgan fingerprint density at radius 1 is 1.06 bits per heavy atom. The van der Waals surface area contributed by atoms with E-state index in [0.29, 0.717) is 54.7 Å². The average molecular weight is 960 g/mol. The molecule has 2 aliphatic carbocycles. The summed E-state index contributed by atoms with van der Waals surface area (Å²) in [5.74, 6) is -5.05. The fraction of sp³-hybridized carbons (Fsp3) is 0.553. The minimum Gasteiger partial charge on any atom is -0.497 e. The molecule has 1 saturated heterocycles. The van der Waals surface area contributed by atoms with Crippen LogP contribution in [0.15, 0.2) is 54.6 Å². The number of aromatic nitrogens is 1. The Hall–Kier alpha value is -5.66. The highest BCUT2D eigenvalue weighted by molar-refractivity contribution is 7.91. The number of hydrogen-bond donors (Lipinski definition) is 3. The van der Waals surface area contributed by atoms with E-state index in [1.54, 1.807) is 56.3 Å². The van der Waals surface area contributed by atoms with Crippen molar-refractivity contribution in [1.82, 2.24) is 24.8 Å². The molecule has 3 N–H and O–H groups in total. The van der Waals surface area contributed by atoms with Gasteiger partial charge in [-0.25, -0.2) is 22.6 Å². The van der Waals surface area contributed by atoms with Gasteiger partial charge in [0.1, 0.15) is 35.5 Å². The lowest BCUT2D eigenvalue weighted by Gasteiger charge is -2.40. The van der Waals surface area contributed by atoms with Crippen molar-refractivity contribution < 1.29 is 64.5 Å². The molecule has 2 aromatic carbocycles. The maximum atomic E-state index is 15.3. The van der Waals surface area contributed by atoms with Gasteiger partial charge in [0.15, 0.2) is 11.6 Å². The van der Waals surface area contributed by atoms with Crippen LogP contribution in [0.2, 0.25) is 0 Å². The molecule has 20 heteroatoms. The van der Waals surface area contributed by atoms with Crippen molar-refractivity contribution in [2.24, 2.45) is 17.8 Å². The van der Waals surface area contributed by atoms with E-state index in [1.807, 2.05) is 6.92 Å². The third-order valence-corrected chi connectivity index (χ3v) is 15.6. The zero-order valence-electron chi connectivity index (χ0n) is 38.4. The molecule has 0 radical (unpaired) electrons. The number of halogens is 4. The lowest BCUT2D eigenvalue weighted by atomic mass is 9.86. The number of amides is 4. The number of benzene rings is 2. The van der Waals surface area contributed by atoms with Gasteiger partial charge in [0.2, 0.25) is 27.7 Å². The van der Waals surface area contributed by atoms with Gasteiger partial charge < -0.3 is 29.5 Å². The van der Waals surface area contributed by atoms with E-state index < -0.39 is 98.7 Å². The Labute approximate surface area is 386 Å². The van der Waals surface area contributed by atoms with Gasteiger partial charge in [-0.3, -0.25) is 24.0 Å². The largest absolute Gasteiger partial charge is 0.497 e. The van der Waals surface area contributed by atoms with Crippen molar-refractivity contribution in [2.45, 2.75) is 133 Å². The number of fused-ring (bicyclic) bond motifs is 3. The number of carbonyl (C=O) groups excluding carboxylic acids is 3. The quantitative estimate of drug-likeness (QED) is 0.128. The van der Waals surface area contributed by atoms with Gasteiger partial charge in [0.05, 0.1) is 30.2 Å². The SMILES string of the molecule is COc1ccc2c(O[C@@H]3C[C@H]4C(=O)N[C@]5(C(=O)NS(=O)(=O)C6(C)CC6)C[C@H]5/C=C\CC[C@H](C)C[C@@H](C)[C@H](N(C(=O)O)[C@H](C)C(F)(F)F)C(=O)N4C3)nc(-c3ccc(OC(C)C)c(F)c3)cc2c1. The molecule has 15 nitrogen and oxygen atoms in total. The first kappa shape index (κ1) is 49.3. The highest BCUT2D eigenvalue weighted by atomic mass is 32.2. The van der Waals surface area contributed by atoms with Crippen LogP contribution in [0.4, 0.5) is 22.4 Å². The van der Waals surface area contributed by atoms with Crippen LogP contribution in [0.5, 0.6) is 17.4 Å². The van der Waals surface area contributed by atoms with Crippen molar-refractivity contribution in [1.29, 1.82) is 0 Å². The normalized spacial score (nSPS) is 27.4. The van der Waals surface area contributed by atoms with Crippen LogP contribution in [-0.4, -0.2) is 113 Å². The number of alkyl halides is 3. The third-order valence-electron chi connectivity index (χ3n) is 13.5.